The van der Waals surface area contributed by atoms with E-state index in [0.29, 0.717) is 43.4 Å². The Kier molecular flexibility index (Phi) is 5.32. The van der Waals surface area contributed by atoms with Crippen LogP contribution >= 0.6 is 11.3 Å². The molecule has 0 saturated carbocycles. The van der Waals surface area contributed by atoms with Gasteiger partial charge in [-0.25, -0.2) is 19.6 Å². The van der Waals surface area contributed by atoms with Crippen molar-refractivity contribution >= 4 is 29.0 Å². The number of nitrogens with zero attached hydrogens (tertiary/aromatic N) is 6. The third kappa shape index (κ3) is 3.87. The van der Waals surface area contributed by atoms with E-state index in [0.717, 1.165) is 22.1 Å². The Morgan fingerprint density at radius 1 is 1.17 bits per heavy atom. The van der Waals surface area contributed by atoms with Gasteiger partial charge in [-0.3, -0.25) is 4.79 Å². The molecule has 0 spiro atoms. The van der Waals surface area contributed by atoms with Crippen molar-refractivity contribution in [3.05, 3.63) is 59.7 Å². The van der Waals surface area contributed by atoms with Gasteiger partial charge in [-0.1, -0.05) is 18.2 Å². The molecule has 4 aromatic rings. The van der Waals surface area contributed by atoms with Crippen molar-refractivity contribution in [2.24, 2.45) is 0 Å². The predicted molar refractivity (Wildman–Crippen MR) is 130 cm³/mol. The number of amides is 1. The highest BCUT2D eigenvalue weighted by Crippen LogP contribution is 2.36. The zero-order valence-corrected chi connectivity index (χ0v) is 19.8. The Morgan fingerprint density at radius 3 is 2.83 bits per heavy atom. The van der Waals surface area contributed by atoms with Gasteiger partial charge in [0, 0.05) is 43.2 Å². The molecule has 2 N–H and O–H groups in total. The number of nitrogens with one attached hydrogen (secondary N) is 1. The number of ether oxygens (including phenoxy) is 1. The number of hydrogen-bond acceptors (Lipinski definition) is 9. The molecule has 2 fully saturated rings. The fourth-order valence-corrected chi connectivity index (χ4v) is 5.11. The molecular formula is C24H23N7O3S. The summed E-state index contributed by atoms with van der Waals surface area (Å²) in [5.41, 5.74) is 1.34. The van der Waals surface area contributed by atoms with Gasteiger partial charge < -0.3 is 20.1 Å². The second-order valence-corrected chi connectivity index (χ2v) is 9.56. The van der Waals surface area contributed by atoms with Gasteiger partial charge in [0.15, 0.2) is 5.60 Å². The molecule has 0 unspecified atom stereocenters. The predicted octanol–water partition coefficient (Wildman–Crippen LogP) is 2.83. The molecule has 178 valence electrons. The summed E-state index contributed by atoms with van der Waals surface area (Å²) >= 11 is 1.48. The first-order valence-corrected chi connectivity index (χ1v) is 12.2. The number of carbonyl (C=O) groups is 1. The van der Waals surface area contributed by atoms with E-state index in [1.165, 1.54) is 11.3 Å². The lowest BCUT2D eigenvalue weighted by molar-refractivity contribution is -0.143. The number of carbonyl (C=O) groups excluding carboxylic acids is 1. The van der Waals surface area contributed by atoms with Crippen molar-refractivity contribution in [2.75, 3.05) is 32.1 Å². The van der Waals surface area contributed by atoms with Crippen LogP contribution in [0.3, 0.4) is 0 Å². The average Bonchev–Trinajstić information content (AvgIpc) is 3.57. The Balaban J connectivity index is 1.25. The van der Waals surface area contributed by atoms with Crippen LogP contribution in [-0.2, 0) is 15.1 Å². The van der Waals surface area contributed by atoms with Gasteiger partial charge in [0.2, 0.25) is 5.95 Å². The maximum absolute atomic E-state index is 12.5. The number of benzene rings is 1. The molecule has 5 heterocycles. The van der Waals surface area contributed by atoms with Crippen LogP contribution in [0, 0.1) is 0 Å². The lowest BCUT2D eigenvalue weighted by atomic mass is 9.91. The van der Waals surface area contributed by atoms with Crippen LogP contribution in [0.5, 0.6) is 0 Å². The molecule has 1 amide bonds. The summed E-state index contributed by atoms with van der Waals surface area (Å²) in [7, 11) is 1.71. The molecule has 2 saturated heterocycles. The Labute approximate surface area is 205 Å². The van der Waals surface area contributed by atoms with Gasteiger partial charge in [0.1, 0.15) is 22.6 Å². The summed E-state index contributed by atoms with van der Waals surface area (Å²) in [5, 5.41) is 21.3. The third-order valence-corrected chi connectivity index (χ3v) is 7.29. The molecule has 35 heavy (non-hydrogen) atoms. The minimum absolute atomic E-state index is 0.213. The monoisotopic (exact) mass is 489 g/mol. The number of likely N-dealkylation sites (tertiary alicyclic amines) is 1. The zero-order chi connectivity index (χ0) is 24.0. The summed E-state index contributed by atoms with van der Waals surface area (Å²) in [6, 6.07) is 11.3. The number of anilines is 2. The van der Waals surface area contributed by atoms with E-state index in [-0.39, 0.29) is 11.9 Å². The summed E-state index contributed by atoms with van der Waals surface area (Å²) in [6.07, 6.45) is 3.80. The SMILES string of the molecule is CN1CC[C@@](O)(c2cccc(-c3nc(-c4ccnc(Nc5ccnn5C5COC5)n4)cs3)c2)C1=O. The Bertz CT molecular complexity index is 1400. The quantitative estimate of drug-likeness (QED) is 0.425. The van der Waals surface area contributed by atoms with Gasteiger partial charge in [0.25, 0.3) is 5.91 Å². The summed E-state index contributed by atoms with van der Waals surface area (Å²) in [4.78, 5) is 27.8. The molecule has 10 nitrogen and oxygen atoms in total. The van der Waals surface area contributed by atoms with Crippen molar-refractivity contribution in [1.29, 1.82) is 0 Å². The molecule has 2 aliphatic heterocycles. The van der Waals surface area contributed by atoms with Gasteiger partial charge in [-0.2, -0.15) is 5.10 Å². The Hall–Kier alpha value is -3.67. The number of likely N-dealkylation sites (N-methyl/N-ethyl adjacent to an activating group) is 1. The molecule has 1 atom stereocenters. The first-order valence-electron chi connectivity index (χ1n) is 11.3. The topological polar surface area (TPSA) is 118 Å². The van der Waals surface area contributed by atoms with E-state index in [1.54, 1.807) is 30.4 Å². The molecule has 3 aromatic heterocycles. The van der Waals surface area contributed by atoms with Crippen LogP contribution in [0.2, 0.25) is 0 Å². The zero-order valence-electron chi connectivity index (χ0n) is 19.0. The van der Waals surface area contributed by atoms with E-state index in [4.69, 9.17) is 9.72 Å². The van der Waals surface area contributed by atoms with Crippen LogP contribution in [0.4, 0.5) is 11.8 Å². The van der Waals surface area contributed by atoms with Crippen molar-refractivity contribution in [3.63, 3.8) is 0 Å². The maximum atomic E-state index is 12.5. The van der Waals surface area contributed by atoms with E-state index in [2.05, 4.69) is 20.4 Å². The van der Waals surface area contributed by atoms with Gasteiger partial charge in [-0.15, -0.1) is 11.3 Å². The number of hydrogen-bond donors (Lipinski definition) is 2. The van der Waals surface area contributed by atoms with E-state index in [9.17, 15) is 9.90 Å². The summed E-state index contributed by atoms with van der Waals surface area (Å²) in [6.45, 7) is 1.81. The fraction of sp³-hybridized carbons (Fsp3) is 0.292. The van der Waals surface area contributed by atoms with Crippen molar-refractivity contribution in [2.45, 2.75) is 18.1 Å². The molecule has 0 bridgehead atoms. The first kappa shape index (κ1) is 21.8. The molecule has 6 rings (SSSR count). The number of rotatable bonds is 6. The highest BCUT2D eigenvalue weighted by molar-refractivity contribution is 7.13. The average molecular weight is 490 g/mol. The van der Waals surface area contributed by atoms with Crippen molar-refractivity contribution in [1.82, 2.24) is 29.6 Å². The van der Waals surface area contributed by atoms with E-state index in [1.807, 2.05) is 40.4 Å². The van der Waals surface area contributed by atoms with Crippen molar-refractivity contribution in [3.8, 4) is 22.0 Å². The number of thiazole rings is 1. The molecule has 11 heteroatoms. The molecule has 0 radical (unpaired) electrons. The van der Waals surface area contributed by atoms with Gasteiger partial charge in [-0.05, 0) is 17.7 Å². The lowest BCUT2D eigenvalue weighted by Gasteiger charge is -2.27. The highest BCUT2D eigenvalue weighted by atomic mass is 32.1. The largest absolute Gasteiger partial charge is 0.377 e. The number of aromatic nitrogens is 5. The lowest BCUT2D eigenvalue weighted by Crippen LogP contribution is -2.36. The normalized spacial score (nSPS) is 20.3. The van der Waals surface area contributed by atoms with Gasteiger partial charge >= 0.3 is 0 Å². The fourth-order valence-electron chi connectivity index (χ4n) is 4.30. The summed E-state index contributed by atoms with van der Waals surface area (Å²) in [5.74, 6) is 0.977. The van der Waals surface area contributed by atoms with Crippen LogP contribution in [0.1, 0.15) is 18.0 Å². The Morgan fingerprint density at radius 2 is 2.06 bits per heavy atom. The smallest absolute Gasteiger partial charge is 0.258 e. The molecule has 1 aromatic carbocycles. The van der Waals surface area contributed by atoms with Gasteiger partial charge in [0.05, 0.1) is 25.1 Å². The molecule has 0 aliphatic carbocycles. The summed E-state index contributed by atoms with van der Waals surface area (Å²) < 4.78 is 7.15. The molecular weight excluding hydrogens is 466 g/mol. The van der Waals surface area contributed by atoms with Crippen LogP contribution in [0.15, 0.2) is 54.2 Å². The minimum Gasteiger partial charge on any atom is -0.377 e. The van der Waals surface area contributed by atoms with E-state index < -0.39 is 5.60 Å². The second kappa shape index (κ2) is 8.52. The van der Waals surface area contributed by atoms with Crippen LogP contribution in [0.25, 0.3) is 22.0 Å². The second-order valence-electron chi connectivity index (χ2n) is 8.70. The van der Waals surface area contributed by atoms with Crippen LogP contribution in [-0.4, -0.2) is 67.5 Å². The van der Waals surface area contributed by atoms with Crippen LogP contribution < -0.4 is 5.32 Å². The third-order valence-electron chi connectivity index (χ3n) is 6.40. The number of aliphatic hydroxyl groups is 1. The standard InChI is InChI=1S/C24H23N7O3S/c1-30-10-7-24(33,22(30)32)16-4-2-3-15(11-16)21-27-19(14-35-21)18-5-8-25-23(28-18)29-20-6-9-26-31(20)17-12-34-13-17/h2-6,8-9,11,14,17,33H,7,10,12-13H2,1H3,(H,25,28,29)/t24-/m1/s1. The van der Waals surface area contributed by atoms with E-state index >= 15 is 0 Å². The highest BCUT2D eigenvalue weighted by Gasteiger charge is 2.45. The van der Waals surface area contributed by atoms with Crippen molar-refractivity contribution < 1.29 is 14.6 Å². The molecule has 2 aliphatic rings. The first-order chi connectivity index (χ1) is 17.0. The maximum Gasteiger partial charge on any atom is 0.258 e. The minimum atomic E-state index is -1.49.